The number of carbonyl (C=O) groups is 1. The maximum Gasteiger partial charge on any atom is 0.226 e. The van der Waals surface area contributed by atoms with Crippen molar-refractivity contribution < 1.29 is 4.79 Å². The highest BCUT2D eigenvalue weighted by Crippen LogP contribution is 2.36. The molecule has 0 aromatic carbocycles. The summed E-state index contributed by atoms with van der Waals surface area (Å²) in [4.78, 5) is 12.9. The van der Waals surface area contributed by atoms with E-state index in [1.165, 1.54) is 19.3 Å². The smallest absolute Gasteiger partial charge is 0.226 e. The number of carbonyl (C=O) groups excluding carboxylic acids is 1. The molecule has 116 valence electrons. The SMILES string of the molecule is CCCC1(C(=O)NC2CCCC2SCC)CCNCC1. The van der Waals surface area contributed by atoms with Gasteiger partial charge in [0.05, 0.1) is 5.41 Å². The molecule has 2 aliphatic rings. The molecule has 1 aliphatic heterocycles. The Balaban J connectivity index is 1.97. The van der Waals surface area contributed by atoms with Gasteiger partial charge in [-0.25, -0.2) is 0 Å². The molecule has 1 saturated carbocycles. The molecule has 1 aliphatic carbocycles. The van der Waals surface area contributed by atoms with Gasteiger partial charge < -0.3 is 10.6 Å². The Morgan fingerprint density at radius 2 is 2.05 bits per heavy atom. The Kier molecular flexibility index (Phi) is 6.21. The van der Waals surface area contributed by atoms with Crippen LogP contribution in [0.3, 0.4) is 0 Å². The third-order valence-corrected chi connectivity index (χ3v) is 6.25. The van der Waals surface area contributed by atoms with E-state index < -0.39 is 0 Å². The average molecular weight is 298 g/mol. The van der Waals surface area contributed by atoms with E-state index >= 15 is 0 Å². The molecule has 0 aromatic heterocycles. The van der Waals surface area contributed by atoms with Gasteiger partial charge in [0.15, 0.2) is 0 Å². The fourth-order valence-corrected chi connectivity index (χ4v) is 5.00. The molecule has 0 bridgehead atoms. The van der Waals surface area contributed by atoms with Gasteiger partial charge in [-0.05, 0) is 50.9 Å². The van der Waals surface area contributed by atoms with Crippen LogP contribution in [0.4, 0.5) is 0 Å². The van der Waals surface area contributed by atoms with Gasteiger partial charge in [0.2, 0.25) is 5.91 Å². The summed E-state index contributed by atoms with van der Waals surface area (Å²) in [6.07, 6.45) is 7.86. The number of rotatable bonds is 6. The lowest BCUT2D eigenvalue weighted by molar-refractivity contribution is -0.133. The zero-order chi connectivity index (χ0) is 14.4. The van der Waals surface area contributed by atoms with Crippen LogP contribution in [-0.4, -0.2) is 36.0 Å². The molecular formula is C16H30N2OS. The van der Waals surface area contributed by atoms with Gasteiger partial charge >= 0.3 is 0 Å². The van der Waals surface area contributed by atoms with E-state index in [9.17, 15) is 4.79 Å². The number of nitrogens with one attached hydrogen (secondary N) is 2. The third kappa shape index (κ3) is 3.70. The molecule has 3 nitrogen and oxygen atoms in total. The second-order valence-electron chi connectivity index (χ2n) is 6.28. The first-order chi connectivity index (χ1) is 9.72. The molecule has 1 heterocycles. The highest BCUT2D eigenvalue weighted by atomic mass is 32.2. The maximum atomic E-state index is 12.9. The monoisotopic (exact) mass is 298 g/mol. The van der Waals surface area contributed by atoms with Crippen molar-refractivity contribution in [2.45, 2.75) is 70.1 Å². The lowest BCUT2D eigenvalue weighted by Crippen LogP contribution is -2.51. The summed E-state index contributed by atoms with van der Waals surface area (Å²) < 4.78 is 0. The van der Waals surface area contributed by atoms with Crippen molar-refractivity contribution in [3.63, 3.8) is 0 Å². The zero-order valence-electron chi connectivity index (χ0n) is 13.0. The van der Waals surface area contributed by atoms with Gasteiger partial charge in [-0.1, -0.05) is 26.7 Å². The first kappa shape index (κ1) is 16.2. The summed E-state index contributed by atoms with van der Waals surface area (Å²) in [7, 11) is 0. The van der Waals surface area contributed by atoms with E-state index in [1.807, 2.05) is 11.8 Å². The normalized spacial score (nSPS) is 29.3. The molecule has 2 fully saturated rings. The Morgan fingerprint density at radius 3 is 2.70 bits per heavy atom. The van der Waals surface area contributed by atoms with Crippen LogP contribution in [0.25, 0.3) is 0 Å². The van der Waals surface area contributed by atoms with Crippen molar-refractivity contribution >= 4 is 17.7 Å². The lowest BCUT2D eigenvalue weighted by Gasteiger charge is -2.37. The average Bonchev–Trinajstić information content (AvgIpc) is 2.88. The van der Waals surface area contributed by atoms with Gasteiger partial charge in [-0.2, -0.15) is 11.8 Å². The molecule has 4 heteroatoms. The van der Waals surface area contributed by atoms with E-state index in [0.29, 0.717) is 17.2 Å². The van der Waals surface area contributed by atoms with Crippen molar-refractivity contribution in [1.82, 2.24) is 10.6 Å². The van der Waals surface area contributed by atoms with Crippen LogP contribution in [0, 0.1) is 5.41 Å². The predicted molar refractivity (Wildman–Crippen MR) is 87.1 cm³/mol. The Bertz CT molecular complexity index is 310. The number of hydrogen-bond donors (Lipinski definition) is 2. The van der Waals surface area contributed by atoms with Gasteiger partial charge in [-0.15, -0.1) is 0 Å². The minimum absolute atomic E-state index is 0.0932. The summed E-state index contributed by atoms with van der Waals surface area (Å²) in [5.41, 5.74) is -0.0932. The minimum Gasteiger partial charge on any atom is -0.352 e. The molecular weight excluding hydrogens is 268 g/mol. The second-order valence-corrected chi connectivity index (χ2v) is 7.80. The van der Waals surface area contributed by atoms with E-state index in [4.69, 9.17) is 0 Å². The van der Waals surface area contributed by atoms with Gasteiger partial charge in [-0.3, -0.25) is 4.79 Å². The minimum atomic E-state index is -0.0932. The number of thioether (sulfide) groups is 1. The molecule has 0 aromatic rings. The van der Waals surface area contributed by atoms with Gasteiger partial charge in [0.1, 0.15) is 0 Å². The van der Waals surface area contributed by atoms with E-state index in [1.54, 1.807) is 0 Å². The molecule has 2 atom stereocenters. The van der Waals surface area contributed by atoms with Crippen LogP contribution in [0.2, 0.25) is 0 Å². The standard InChI is InChI=1S/C16H30N2OS/c1-3-8-16(9-11-17-12-10-16)15(19)18-13-6-5-7-14(13)20-4-2/h13-14,17H,3-12H2,1-2H3,(H,18,19). The highest BCUT2D eigenvalue weighted by Gasteiger charge is 2.40. The molecule has 1 amide bonds. The van der Waals surface area contributed by atoms with Crippen molar-refractivity contribution in [3.05, 3.63) is 0 Å². The summed E-state index contributed by atoms with van der Waals surface area (Å²) in [6.45, 7) is 6.39. The van der Waals surface area contributed by atoms with Crippen molar-refractivity contribution in [2.24, 2.45) is 5.41 Å². The fourth-order valence-electron chi connectivity index (χ4n) is 3.80. The quantitative estimate of drug-likeness (QED) is 0.792. The maximum absolute atomic E-state index is 12.9. The molecule has 1 saturated heterocycles. The first-order valence-electron chi connectivity index (χ1n) is 8.35. The summed E-state index contributed by atoms with van der Waals surface area (Å²) in [5, 5.41) is 7.46. The highest BCUT2D eigenvalue weighted by molar-refractivity contribution is 7.99. The van der Waals surface area contributed by atoms with Crippen LogP contribution in [0.5, 0.6) is 0 Å². The van der Waals surface area contributed by atoms with Crippen LogP contribution in [0.15, 0.2) is 0 Å². The first-order valence-corrected chi connectivity index (χ1v) is 9.40. The fraction of sp³-hybridized carbons (Fsp3) is 0.938. The molecule has 20 heavy (non-hydrogen) atoms. The lowest BCUT2D eigenvalue weighted by atomic mass is 9.74. The Hall–Kier alpha value is -0.220. The van der Waals surface area contributed by atoms with Crippen LogP contribution in [0.1, 0.15) is 58.8 Å². The second kappa shape index (κ2) is 7.69. The summed E-state index contributed by atoms with van der Waals surface area (Å²) >= 11 is 2.02. The summed E-state index contributed by atoms with van der Waals surface area (Å²) in [6, 6.07) is 0.413. The van der Waals surface area contributed by atoms with Gasteiger partial charge in [0, 0.05) is 11.3 Å². The molecule has 0 spiro atoms. The van der Waals surface area contributed by atoms with E-state index in [-0.39, 0.29) is 5.41 Å². The van der Waals surface area contributed by atoms with Gasteiger partial charge in [0.25, 0.3) is 0 Å². The van der Waals surface area contributed by atoms with Crippen LogP contribution in [-0.2, 0) is 4.79 Å². The van der Waals surface area contributed by atoms with Crippen molar-refractivity contribution in [1.29, 1.82) is 0 Å². The predicted octanol–water partition coefficient (Wildman–Crippen LogP) is 2.95. The molecule has 0 radical (unpaired) electrons. The van der Waals surface area contributed by atoms with E-state index in [2.05, 4.69) is 24.5 Å². The Labute approximate surface area is 128 Å². The van der Waals surface area contributed by atoms with Crippen LogP contribution >= 0.6 is 11.8 Å². The largest absolute Gasteiger partial charge is 0.352 e. The zero-order valence-corrected chi connectivity index (χ0v) is 13.9. The Morgan fingerprint density at radius 1 is 1.30 bits per heavy atom. The number of piperidine rings is 1. The third-order valence-electron chi connectivity index (χ3n) is 4.92. The summed E-state index contributed by atoms with van der Waals surface area (Å²) in [5.74, 6) is 1.50. The van der Waals surface area contributed by atoms with Crippen molar-refractivity contribution in [3.8, 4) is 0 Å². The molecule has 2 N–H and O–H groups in total. The molecule has 2 unspecified atom stereocenters. The number of amides is 1. The topological polar surface area (TPSA) is 41.1 Å². The molecule has 2 rings (SSSR count). The van der Waals surface area contributed by atoms with Crippen LogP contribution < -0.4 is 10.6 Å². The van der Waals surface area contributed by atoms with Crippen molar-refractivity contribution in [2.75, 3.05) is 18.8 Å². The number of hydrogen-bond acceptors (Lipinski definition) is 3. The van der Waals surface area contributed by atoms with E-state index in [0.717, 1.165) is 44.5 Å².